The summed E-state index contributed by atoms with van der Waals surface area (Å²) >= 11 is 1.87. The number of methoxy groups -OCH3 is 1. The summed E-state index contributed by atoms with van der Waals surface area (Å²) in [5.74, 6) is 0.938. The van der Waals surface area contributed by atoms with Crippen molar-refractivity contribution in [3.05, 3.63) is 11.9 Å². The maximum absolute atomic E-state index is 5.12. The molecule has 0 aliphatic carbocycles. The summed E-state index contributed by atoms with van der Waals surface area (Å²) < 4.78 is 7.30. The molecule has 1 N–H and O–H groups in total. The van der Waals surface area contributed by atoms with Crippen LogP contribution in [0, 0.1) is 6.92 Å². The van der Waals surface area contributed by atoms with Crippen LogP contribution in [0.1, 0.15) is 19.5 Å². The molecule has 0 aliphatic heterocycles. The minimum atomic E-state index is 0.269. The van der Waals surface area contributed by atoms with E-state index in [1.165, 1.54) is 0 Å². The Kier molecular flexibility index (Phi) is 5.85. The minimum Gasteiger partial charge on any atom is -0.383 e. The number of ether oxygens (including phenoxy) is 1. The molecule has 0 aliphatic rings. The zero-order chi connectivity index (χ0) is 12.8. The highest BCUT2D eigenvalue weighted by Gasteiger charge is 2.10. The summed E-state index contributed by atoms with van der Waals surface area (Å²) in [6.07, 6.45) is 4.23. The number of nitrogens with zero attached hydrogens (tertiary/aromatic N) is 2. The molecule has 2 unspecified atom stereocenters. The van der Waals surface area contributed by atoms with Gasteiger partial charge in [0.15, 0.2) is 0 Å². The number of imidazole rings is 1. The second-order valence-corrected chi connectivity index (χ2v) is 5.68. The Balaban J connectivity index is 2.70. The molecule has 0 saturated heterocycles. The van der Waals surface area contributed by atoms with Gasteiger partial charge >= 0.3 is 0 Å². The summed E-state index contributed by atoms with van der Waals surface area (Å²) in [5.41, 5.74) is 1.05. The van der Waals surface area contributed by atoms with E-state index in [-0.39, 0.29) is 6.04 Å². The van der Waals surface area contributed by atoms with Crippen molar-refractivity contribution in [2.45, 2.75) is 38.6 Å². The summed E-state index contributed by atoms with van der Waals surface area (Å²) in [6.45, 7) is 8.00. The molecule has 0 saturated carbocycles. The van der Waals surface area contributed by atoms with Gasteiger partial charge in [0.2, 0.25) is 5.95 Å². The first-order valence-electron chi connectivity index (χ1n) is 5.88. The van der Waals surface area contributed by atoms with Gasteiger partial charge in [0.25, 0.3) is 0 Å². The van der Waals surface area contributed by atoms with Crippen molar-refractivity contribution in [2.75, 3.05) is 25.3 Å². The second-order valence-electron chi connectivity index (χ2n) is 4.41. The molecule has 0 spiro atoms. The molecule has 17 heavy (non-hydrogen) atoms. The van der Waals surface area contributed by atoms with Crippen LogP contribution in [0.15, 0.2) is 6.20 Å². The smallest absolute Gasteiger partial charge is 0.203 e. The zero-order valence-corrected chi connectivity index (χ0v) is 12.2. The Bertz CT molecular complexity index is 340. The summed E-state index contributed by atoms with van der Waals surface area (Å²) in [5, 5.41) is 3.96. The number of thioether (sulfide) groups is 1. The molecular weight excluding hydrogens is 234 g/mol. The van der Waals surface area contributed by atoms with Crippen molar-refractivity contribution in [1.82, 2.24) is 9.55 Å². The van der Waals surface area contributed by atoms with E-state index in [0.29, 0.717) is 11.9 Å². The first-order valence-corrected chi connectivity index (χ1v) is 7.17. The van der Waals surface area contributed by atoms with Crippen LogP contribution in [0.5, 0.6) is 0 Å². The molecule has 0 radical (unpaired) electrons. The molecule has 1 aromatic rings. The van der Waals surface area contributed by atoms with E-state index in [1.807, 2.05) is 18.7 Å². The van der Waals surface area contributed by atoms with Gasteiger partial charge in [0, 0.05) is 31.1 Å². The Morgan fingerprint density at radius 2 is 2.24 bits per heavy atom. The molecule has 0 bridgehead atoms. The van der Waals surface area contributed by atoms with Crippen molar-refractivity contribution in [3.8, 4) is 0 Å². The van der Waals surface area contributed by atoms with E-state index in [4.69, 9.17) is 4.74 Å². The van der Waals surface area contributed by atoms with Crippen molar-refractivity contribution in [3.63, 3.8) is 0 Å². The predicted octanol–water partition coefficient (Wildman–Crippen LogP) is 2.39. The Morgan fingerprint density at radius 1 is 1.53 bits per heavy atom. The maximum atomic E-state index is 5.12. The van der Waals surface area contributed by atoms with Crippen LogP contribution in [-0.4, -0.2) is 40.8 Å². The first-order chi connectivity index (χ1) is 8.06. The van der Waals surface area contributed by atoms with Crippen LogP contribution in [0.4, 0.5) is 5.95 Å². The molecule has 1 rings (SSSR count). The van der Waals surface area contributed by atoms with E-state index < -0.39 is 0 Å². The summed E-state index contributed by atoms with van der Waals surface area (Å²) in [7, 11) is 1.71. The van der Waals surface area contributed by atoms with Crippen LogP contribution in [-0.2, 0) is 11.3 Å². The third-order valence-electron chi connectivity index (χ3n) is 2.55. The Hall–Kier alpha value is -0.680. The molecule has 2 atom stereocenters. The van der Waals surface area contributed by atoms with Crippen molar-refractivity contribution in [2.24, 2.45) is 0 Å². The number of aryl methyl sites for hydroxylation is 1. The van der Waals surface area contributed by atoms with Crippen molar-refractivity contribution < 1.29 is 4.74 Å². The molecule has 1 aromatic heterocycles. The fraction of sp³-hybridized carbons (Fsp3) is 0.750. The van der Waals surface area contributed by atoms with Crippen molar-refractivity contribution in [1.29, 1.82) is 0 Å². The van der Waals surface area contributed by atoms with Crippen molar-refractivity contribution >= 4 is 17.7 Å². The number of rotatable bonds is 7. The monoisotopic (exact) mass is 257 g/mol. The standard InChI is InChI=1S/C12H23N3OS/c1-9-6-15(7-11(3)17-5)12(13-9)14-10(2)8-16-4/h6,10-11H,7-8H2,1-5H3,(H,13,14). The van der Waals surface area contributed by atoms with E-state index in [1.54, 1.807) is 7.11 Å². The Labute approximate surface area is 108 Å². The van der Waals surface area contributed by atoms with Gasteiger partial charge in [-0.3, -0.25) is 0 Å². The number of nitrogens with one attached hydrogen (secondary N) is 1. The van der Waals surface area contributed by atoms with E-state index >= 15 is 0 Å². The lowest BCUT2D eigenvalue weighted by atomic mass is 10.4. The SMILES string of the molecule is COCC(C)Nc1nc(C)cn1CC(C)SC. The van der Waals surface area contributed by atoms with E-state index in [2.05, 4.69) is 41.2 Å². The van der Waals surface area contributed by atoms with E-state index in [0.717, 1.165) is 18.2 Å². The molecule has 1 heterocycles. The third kappa shape index (κ3) is 4.60. The molecule has 0 fully saturated rings. The van der Waals surface area contributed by atoms with Gasteiger partial charge in [0.1, 0.15) is 0 Å². The first kappa shape index (κ1) is 14.4. The summed E-state index contributed by atoms with van der Waals surface area (Å²) in [4.78, 5) is 4.51. The summed E-state index contributed by atoms with van der Waals surface area (Å²) in [6, 6.07) is 0.269. The second kappa shape index (κ2) is 6.91. The third-order valence-corrected chi connectivity index (χ3v) is 3.50. The lowest BCUT2D eigenvalue weighted by molar-refractivity contribution is 0.190. The fourth-order valence-electron chi connectivity index (χ4n) is 1.66. The highest BCUT2D eigenvalue weighted by Crippen LogP contribution is 2.15. The average Bonchev–Trinajstić information content (AvgIpc) is 2.59. The minimum absolute atomic E-state index is 0.269. The topological polar surface area (TPSA) is 39.1 Å². The van der Waals surface area contributed by atoms with Crippen LogP contribution in [0.3, 0.4) is 0 Å². The number of hydrogen-bond donors (Lipinski definition) is 1. The highest BCUT2D eigenvalue weighted by atomic mass is 32.2. The van der Waals surface area contributed by atoms with Gasteiger partial charge in [-0.05, 0) is 20.1 Å². The number of anilines is 1. The molecule has 0 aromatic carbocycles. The Morgan fingerprint density at radius 3 is 2.82 bits per heavy atom. The van der Waals surface area contributed by atoms with Gasteiger partial charge in [-0.2, -0.15) is 11.8 Å². The van der Waals surface area contributed by atoms with Gasteiger partial charge in [-0.25, -0.2) is 4.98 Å². The normalized spacial score (nSPS) is 14.6. The molecular formula is C12H23N3OS. The molecule has 98 valence electrons. The predicted molar refractivity (Wildman–Crippen MR) is 74.9 cm³/mol. The number of aromatic nitrogens is 2. The van der Waals surface area contributed by atoms with E-state index in [9.17, 15) is 0 Å². The molecule has 4 nitrogen and oxygen atoms in total. The zero-order valence-electron chi connectivity index (χ0n) is 11.4. The quantitative estimate of drug-likeness (QED) is 0.814. The lowest BCUT2D eigenvalue weighted by Gasteiger charge is -2.16. The highest BCUT2D eigenvalue weighted by molar-refractivity contribution is 7.99. The number of hydrogen-bond acceptors (Lipinski definition) is 4. The average molecular weight is 257 g/mol. The molecule has 0 amide bonds. The largest absolute Gasteiger partial charge is 0.383 e. The lowest BCUT2D eigenvalue weighted by Crippen LogP contribution is -2.24. The van der Waals surface area contributed by atoms with Crippen LogP contribution < -0.4 is 5.32 Å². The van der Waals surface area contributed by atoms with Gasteiger partial charge in [-0.15, -0.1) is 0 Å². The van der Waals surface area contributed by atoms with Gasteiger partial charge in [0.05, 0.1) is 12.3 Å². The van der Waals surface area contributed by atoms with Gasteiger partial charge < -0.3 is 14.6 Å². The van der Waals surface area contributed by atoms with Gasteiger partial charge in [-0.1, -0.05) is 6.92 Å². The van der Waals surface area contributed by atoms with Crippen LogP contribution in [0.25, 0.3) is 0 Å². The van der Waals surface area contributed by atoms with Crippen LogP contribution >= 0.6 is 11.8 Å². The van der Waals surface area contributed by atoms with Crippen LogP contribution in [0.2, 0.25) is 0 Å². The maximum Gasteiger partial charge on any atom is 0.203 e. The molecule has 5 heteroatoms. The fourth-order valence-corrected chi connectivity index (χ4v) is 1.97.